The van der Waals surface area contributed by atoms with Crippen molar-refractivity contribution in [1.29, 1.82) is 0 Å². The molecule has 0 amide bonds. The van der Waals surface area contributed by atoms with Crippen molar-refractivity contribution in [3.8, 4) is 0 Å². The monoisotopic (exact) mass is 219 g/mol. The summed E-state index contributed by atoms with van der Waals surface area (Å²) < 4.78 is 28.3. The van der Waals surface area contributed by atoms with Crippen molar-refractivity contribution in [2.24, 2.45) is 0 Å². The fourth-order valence-corrected chi connectivity index (χ4v) is 1.19. The summed E-state index contributed by atoms with van der Waals surface area (Å²) in [6.07, 6.45) is -0.532. The maximum absolute atomic E-state index is 10.4. The van der Waals surface area contributed by atoms with Crippen LogP contribution in [-0.2, 0) is 28.4 Å². The van der Waals surface area contributed by atoms with E-state index in [1.165, 1.54) is 0 Å². The van der Waals surface area contributed by atoms with Crippen molar-refractivity contribution in [2.45, 2.75) is 12.8 Å². The Labute approximate surface area is 111 Å². The van der Waals surface area contributed by atoms with Gasteiger partial charge < -0.3 is 8.37 Å². The van der Waals surface area contributed by atoms with Crippen LogP contribution in [0.25, 0.3) is 0 Å². The summed E-state index contributed by atoms with van der Waals surface area (Å²) in [5.74, 6) is -1.95. The van der Waals surface area contributed by atoms with Gasteiger partial charge in [0.1, 0.15) is 0 Å². The van der Waals surface area contributed by atoms with Gasteiger partial charge in [-0.05, 0) is 0 Å². The van der Waals surface area contributed by atoms with Gasteiger partial charge >= 0.3 is 22.3 Å². The zero-order valence-corrected chi connectivity index (χ0v) is 10.2. The van der Waals surface area contributed by atoms with Crippen molar-refractivity contribution in [1.82, 2.24) is 0 Å². The van der Waals surface area contributed by atoms with Crippen molar-refractivity contribution in [3.05, 3.63) is 0 Å². The van der Waals surface area contributed by atoms with E-state index in [4.69, 9.17) is 0 Å². The van der Waals surface area contributed by atoms with Gasteiger partial charge in [0, 0.05) is 51.4 Å². The fourth-order valence-electron chi connectivity index (χ4n) is 0.532. The molecular formula is C4H4KO6S. The van der Waals surface area contributed by atoms with Crippen LogP contribution in [-0.4, -0.2) is 71.7 Å². The molecule has 0 saturated carbocycles. The SMILES string of the molecule is O=C1CCC(=O)OS(=O)(=O)O1.[K]. The molecule has 1 aliphatic heterocycles. The number of carbonyl (C=O) groups excluding carboxylic acids is 2. The number of hydrogen-bond acceptors (Lipinski definition) is 6. The van der Waals surface area contributed by atoms with Crippen LogP contribution >= 0.6 is 0 Å². The zero-order chi connectivity index (χ0) is 8.48. The molecule has 0 N–H and O–H groups in total. The zero-order valence-electron chi connectivity index (χ0n) is 6.27. The Hall–Kier alpha value is 0.526. The normalized spacial score (nSPS) is 21.3. The summed E-state index contributed by atoms with van der Waals surface area (Å²) in [5, 5.41) is 0. The van der Waals surface area contributed by atoms with Crippen LogP contribution in [0.2, 0.25) is 0 Å². The van der Waals surface area contributed by atoms with Gasteiger partial charge in [-0.1, -0.05) is 0 Å². The third kappa shape index (κ3) is 3.96. The van der Waals surface area contributed by atoms with Gasteiger partial charge in [-0.15, -0.1) is 8.42 Å². The minimum atomic E-state index is -4.42. The molecule has 0 bridgehead atoms. The van der Waals surface area contributed by atoms with E-state index >= 15 is 0 Å². The molecule has 1 radical (unpaired) electrons. The second kappa shape index (κ2) is 4.68. The van der Waals surface area contributed by atoms with Crippen LogP contribution in [0, 0.1) is 0 Å². The molecule has 0 aromatic rings. The van der Waals surface area contributed by atoms with E-state index < -0.39 is 22.3 Å². The second-order valence-corrected chi connectivity index (χ2v) is 2.97. The summed E-state index contributed by atoms with van der Waals surface area (Å²) in [7, 11) is -4.42. The third-order valence-electron chi connectivity index (χ3n) is 0.923. The Kier molecular flexibility index (Phi) is 4.88. The largest absolute Gasteiger partial charge is 0.506 e. The Morgan fingerprint density at radius 1 is 1.00 bits per heavy atom. The maximum Gasteiger partial charge on any atom is 0.506 e. The summed E-state index contributed by atoms with van der Waals surface area (Å²) >= 11 is 0. The Morgan fingerprint density at radius 2 is 1.33 bits per heavy atom. The first-order valence-electron chi connectivity index (χ1n) is 2.69. The molecule has 63 valence electrons. The van der Waals surface area contributed by atoms with Gasteiger partial charge in [0.05, 0.1) is 12.8 Å². The predicted molar refractivity (Wildman–Crippen MR) is 36.1 cm³/mol. The minimum absolute atomic E-state index is 0. The maximum atomic E-state index is 10.4. The molecule has 0 aromatic carbocycles. The average molecular weight is 219 g/mol. The van der Waals surface area contributed by atoms with E-state index in [9.17, 15) is 18.0 Å². The topological polar surface area (TPSA) is 86.7 Å². The van der Waals surface area contributed by atoms with E-state index in [1.807, 2.05) is 0 Å². The first kappa shape index (κ1) is 12.5. The van der Waals surface area contributed by atoms with E-state index in [1.54, 1.807) is 0 Å². The van der Waals surface area contributed by atoms with E-state index in [-0.39, 0.29) is 64.2 Å². The van der Waals surface area contributed by atoms with E-state index in [0.717, 1.165) is 0 Å². The van der Waals surface area contributed by atoms with Gasteiger partial charge in [0.25, 0.3) is 0 Å². The van der Waals surface area contributed by atoms with Gasteiger partial charge in [-0.3, -0.25) is 9.59 Å². The molecule has 0 unspecified atom stereocenters. The van der Waals surface area contributed by atoms with E-state index in [0.29, 0.717) is 0 Å². The standard InChI is InChI=1S/C4H4O6S.K/c5-3-1-2-4(6)10-11(7,8)9-3;/h1-2H2;. The minimum Gasteiger partial charge on any atom is -0.316 e. The molecule has 1 heterocycles. The van der Waals surface area contributed by atoms with Crippen LogP contribution in [0.4, 0.5) is 0 Å². The fraction of sp³-hybridized carbons (Fsp3) is 0.500. The summed E-state index contributed by atoms with van der Waals surface area (Å²) in [5.41, 5.74) is 0. The first-order valence-corrected chi connectivity index (χ1v) is 4.02. The first-order chi connectivity index (χ1) is 4.99. The van der Waals surface area contributed by atoms with Crippen LogP contribution in [0.15, 0.2) is 0 Å². The summed E-state index contributed by atoms with van der Waals surface area (Å²) in [6.45, 7) is 0. The van der Waals surface area contributed by atoms with Crippen LogP contribution < -0.4 is 0 Å². The Balaban J connectivity index is 0.00000121. The van der Waals surface area contributed by atoms with Crippen molar-refractivity contribution in [3.63, 3.8) is 0 Å². The molecule has 12 heavy (non-hydrogen) atoms. The molecule has 1 saturated heterocycles. The molecule has 6 nitrogen and oxygen atoms in total. The van der Waals surface area contributed by atoms with Crippen molar-refractivity contribution >= 4 is 73.7 Å². The molecular weight excluding hydrogens is 215 g/mol. The Morgan fingerprint density at radius 3 is 1.67 bits per heavy atom. The Bertz CT molecular complexity index is 269. The number of carbonyl (C=O) groups is 2. The van der Waals surface area contributed by atoms with E-state index in [2.05, 4.69) is 8.37 Å². The molecule has 0 atom stereocenters. The van der Waals surface area contributed by atoms with Gasteiger partial charge in [0.2, 0.25) is 0 Å². The molecule has 0 spiro atoms. The molecule has 0 aromatic heterocycles. The van der Waals surface area contributed by atoms with Crippen molar-refractivity contribution < 1.29 is 26.4 Å². The van der Waals surface area contributed by atoms with Crippen LogP contribution in [0.5, 0.6) is 0 Å². The number of hydrogen-bond donors (Lipinski definition) is 0. The van der Waals surface area contributed by atoms with Crippen LogP contribution in [0.1, 0.15) is 12.8 Å². The molecule has 8 heteroatoms. The third-order valence-corrected chi connectivity index (χ3v) is 1.70. The molecule has 0 aliphatic carbocycles. The average Bonchev–Trinajstić information content (AvgIpc) is 1.89. The van der Waals surface area contributed by atoms with Crippen molar-refractivity contribution in [2.75, 3.05) is 0 Å². The summed E-state index contributed by atoms with van der Waals surface area (Å²) in [4.78, 5) is 20.8. The quantitative estimate of drug-likeness (QED) is 0.472. The smallest absolute Gasteiger partial charge is 0.316 e. The molecule has 1 rings (SSSR count). The number of rotatable bonds is 0. The summed E-state index contributed by atoms with van der Waals surface area (Å²) in [6, 6.07) is 0. The van der Waals surface area contributed by atoms with Crippen LogP contribution in [0.3, 0.4) is 0 Å². The predicted octanol–water partition coefficient (Wildman–Crippen LogP) is -1.27. The van der Waals surface area contributed by atoms with Gasteiger partial charge in [-0.2, -0.15) is 0 Å². The molecule has 1 fully saturated rings. The van der Waals surface area contributed by atoms with Gasteiger partial charge in [-0.25, -0.2) is 0 Å². The second-order valence-electron chi connectivity index (χ2n) is 1.82. The molecule has 1 aliphatic rings. The van der Waals surface area contributed by atoms with Gasteiger partial charge in [0.15, 0.2) is 0 Å².